The van der Waals surface area contributed by atoms with E-state index in [0.29, 0.717) is 0 Å². The molecule has 1 aromatic carbocycles. The second-order valence-electron chi connectivity index (χ2n) is 4.89. The molecule has 1 aliphatic rings. The van der Waals surface area contributed by atoms with E-state index in [0.717, 1.165) is 24.3 Å². The first-order chi connectivity index (χ1) is 9.06. The molecule has 4 nitrogen and oxygen atoms in total. The predicted molar refractivity (Wildman–Crippen MR) is 75.3 cm³/mol. The van der Waals surface area contributed by atoms with Gasteiger partial charge in [0.1, 0.15) is 0 Å². The molecule has 2 rings (SSSR count). The van der Waals surface area contributed by atoms with E-state index in [9.17, 15) is 4.79 Å². The standard InChI is InChI=1S/C15H19NO3/c1-11-9-16(10-12(2)19-11)14-6-4-3-5-13(14)7-8-15(17)18/h3-8,11-12H,9-10H2,1-2H3,(H,17,18)/b8-7+/t11-,12+. The van der Waals surface area contributed by atoms with Crippen LogP contribution < -0.4 is 4.90 Å². The fraction of sp³-hybridized carbons (Fsp3) is 0.400. The van der Waals surface area contributed by atoms with E-state index < -0.39 is 5.97 Å². The molecule has 0 saturated carbocycles. The van der Waals surface area contributed by atoms with E-state index in [1.54, 1.807) is 6.08 Å². The van der Waals surface area contributed by atoms with Crippen molar-refractivity contribution in [2.24, 2.45) is 0 Å². The lowest BCUT2D eigenvalue weighted by atomic mass is 10.1. The molecule has 2 atom stereocenters. The number of hydrogen-bond acceptors (Lipinski definition) is 3. The number of nitrogens with zero attached hydrogens (tertiary/aromatic N) is 1. The highest BCUT2D eigenvalue weighted by atomic mass is 16.5. The number of carboxylic acids is 1. The van der Waals surface area contributed by atoms with Gasteiger partial charge in [-0.25, -0.2) is 4.79 Å². The number of anilines is 1. The average Bonchev–Trinajstić information content (AvgIpc) is 2.35. The number of carbonyl (C=O) groups is 1. The molecule has 1 aromatic rings. The number of para-hydroxylation sites is 1. The van der Waals surface area contributed by atoms with Gasteiger partial charge in [-0.1, -0.05) is 18.2 Å². The highest BCUT2D eigenvalue weighted by Gasteiger charge is 2.23. The van der Waals surface area contributed by atoms with Crippen molar-refractivity contribution in [3.05, 3.63) is 35.9 Å². The van der Waals surface area contributed by atoms with Gasteiger partial charge in [0.05, 0.1) is 12.2 Å². The summed E-state index contributed by atoms with van der Waals surface area (Å²) in [5, 5.41) is 8.74. The van der Waals surface area contributed by atoms with Crippen molar-refractivity contribution in [2.45, 2.75) is 26.1 Å². The van der Waals surface area contributed by atoms with Crippen molar-refractivity contribution in [3.63, 3.8) is 0 Å². The molecular weight excluding hydrogens is 242 g/mol. The summed E-state index contributed by atoms with van der Waals surface area (Å²) in [6, 6.07) is 7.84. The van der Waals surface area contributed by atoms with E-state index in [1.807, 2.05) is 24.3 Å². The molecule has 0 amide bonds. The lowest BCUT2D eigenvalue weighted by molar-refractivity contribution is -0.131. The summed E-state index contributed by atoms with van der Waals surface area (Å²) in [4.78, 5) is 12.9. The normalized spacial score (nSPS) is 23.8. The Kier molecular flexibility index (Phi) is 4.22. The van der Waals surface area contributed by atoms with Gasteiger partial charge in [-0.05, 0) is 31.6 Å². The minimum Gasteiger partial charge on any atom is -0.478 e. The Hall–Kier alpha value is -1.81. The summed E-state index contributed by atoms with van der Waals surface area (Å²) in [7, 11) is 0. The molecule has 1 aliphatic heterocycles. The highest BCUT2D eigenvalue weighted by Crippen LogP contribution is 2.25. The molecule has 102 valence electrons. The van der Waals surface area contributed by atoms with Gasteiger partial charge >= 0.3 is 5.97 Å². The van der Waals surface area contributed by atoms with Gasteiger partial charge in [-0.2, -0.15) is 0 Å². The molecule has 1 saturated heterocycles. The lowest BCUT2D eigenvalue weighted by Gasteiger charge is -2.37. The second kappa shape index (κ2) is 5.89. The molecule has 4 heteroatoms. The molecular formula is C15H19NO3. The fourth-order valence-electron chi connectivity index (χ4n) is 2.45. The fourth-order valence-corrected chi connectivity index (χ4v) is 2.45. The van der Waals surface area contributed by atoms with Crippen LogP contribution >= 0.6 is 0 Å². The van der Waals surface area contributed by atoms with Crippen LogP contribution in [-0.2, 0) is 9.53 Å². The Morgan fingerprint density at radius 1 is 1.32 bits per heavy atom. The van der Waals surface area contributed by atoms with Crippen molar-refractivity contribution >= 4 is 17.7 Å². The zero-order valence-corrected chi connectivity index (χ0v) is 11.2. The van der Waals surface area contributed by atoms with Gasteiger partial charge in [0, 0.05) is 24.9 Å². The van der Waals surface area contributed by atoms with Crippen LogP contribution in [0.25, 0.3) is 6.08 Å². The highest BCUT2D eigenvalue weighted by molar-refractivity contribution is 5.87. The van der Waals surface area contributed by atoms with E-state index >= 15 is 0 Å². The molecule has 1 N–H and O–H groups in total. The lowest BCUT2D eigenvalue weighted by Crippen LogP contribution is -2.45. The van der Waals surface area contributed by atoms with Gasteiger partial charge in [-0.15, -0.1) is 0 Å². The molecule has 1 fully saturated rings. The molecule has 19 heavy (non-hydrogen) atoms. The Balaban J connectivity index is 2.26. The van der Waals surface area contributed by atoms with E-state index in [-0.39, 0.29) is 12.2 Å². The summed E-state index contributed by atoms with van der Waals surface area (Å²) in [5.41, 5.74) is 1.98. The Labute approximate surface area is 113 Å². The first-order valence-electron chi connectivity index (χ1n) is 6.46. The zero-order valence-electron chi connectivity index (χ0n) is 11.2. The number of hydrogen-bond donors (Lipinski definition) is 1. The van der Waals surface area contributed by atoms with Crippen LogP contribution in [0.15, 0.2) is 30.3 Å². The number of morpholine rings is 1. The van der Waals surface area contributed by atoms with Gasteiger partial charge in [0.2, 0.25) is 0 Å². The van der Waals surface area contributed by atoms with E-state index in [2.05, 4.69) is 18.7 Å². The Bertz CT molecular complexity index is 474. The van der Waals surface area contributed by atoms with Crippen LogP contribution in [0.1, 0.15) is 19.4 Å². The molecule has 1 heterocycles. The molecule has 0 bridgehead atoms. The van der Waals surface area contributed by atoms with Crippen LogP contribution in [0.5, 0.6) is 0 Å². The summed E-state index contributed by atoms with van der Waals surface area (Å²) in [6.07, 6.45) is 3.18. The van der Waals surface area contributed by atoms with Crippen LogP contribution in [0.3, 0.4) is 0 Å². The number of benzene rings is 1. The van der Waals surface area contributed by atoms with Gasteiger partial charge in [0.25, 0.3) is 0 Å². The maximum atomic E-state index is 10.6. The first-order valence-corrected chi connectivity index (χ1v) is 6.46. The van der Waals surface area contributed by atoms with Crippen molar-refractivity contribution in [2.75, 3.05) is 18.0 Å². The van der Waals surface area contributed by atoms with E-state index in [1.165, 1.54) is 6.08 Å². The number of carboxylic acid groups (broad SMARTS) is 1. The van der Waals surface area contributed by atoms with Crippen molar-refractivity contribution in [3.8, 4) is 0 Å². The number of rotatable bonds is 3. The Morgan fingerprint density at radius 2 is 1.95 bits per heavy atom. The van der Waals surface area contributed by atoms with Crippen molar-refractivity contribution < 1.29 is 14.6 Å². The zero-order chi connectivity index (χ0) is 13.8. The molecule has 0 aliphatic carbocycles. The van der Waals surface area contributed by atoms with Crippen molar-refractivity contribution in [1.29, 1.82) is 0 Å². The third kappa shape index (κ3) is 3.58. The minimum absolute atomic E-state index is 0.181. The molecule has 0 unspecified atom stereocenters. The van der Waals surface area contributed by atoms with Gasteiger partial charge in [0.15, 0.2) is 0 Å². The number of ether oxygens (including phenoxy) is 1. The number of aliphatic carboxylic acids is 1. The summed E-state index contributed by atoms with van der Waals surface area (Å²) in [5.74, 6) is -0.932. The van der Waals surface area contributed by atoms with Crippen LogP contribution in [0, 0.1) is 0 Å². The quantitative estimate of drug-likeness (QED) is 0.849. The van der Waals surface area contributed by atoms with Gasteiger partial charge in [-0.3, -0.25) is 0 Å². The SMILES string of the molecule is C[C@@H]1CN(c2ccccc2/C=C/C(=O)O)C[C@H](C)O1. The molecule has 0 aromatic heterocycles. The summed E-state index contributed by atoms with van der Waals surface area (Å²) in [6.45, 7) is 5.75. The largest absolute Gasteiger partial charge is 0.478 e. The third-order valence-corrected chi connectivity index (χ3v) is 3.10. The monoisotopic (exact) mass is 261 g/mol. The maximum Gasteiger partial charge on any atom is 0.328 e. The maximum absolute atomic E-state index is 10.6. The first kappa shape index (κ1) is 13.6. The summed E-state index contributed by atoms with van der Waals surface area (Å²) < 4.78 is 5.72. The smallest absolute Gasteiger partial charge is 0.328 e. The second-order valence-corrected chi connectivity index (χ2v) is 4.89. The van der Waals surface area contributed by atoms with Crippen LogP contribution in [0.4, 0.5) is 5.69 Å². The van der Waals surface area contributed by atoms with E-state index in [4.69, 9.17) is 9.84 Å². The Morgan fingerprint density at radius 3 is 2.58 bits per heavy atom. The summed E-state index contributed by atoms with van der Waals surface area (Å²) >= 11 is 0. The molecule has 0 radical (unpaired) electrons. The third-order valence-electron chi connectivity index (χ3n) is 3.10. The average molecular weight is 261 g/mol. The topological polar surface area (TPSA) is 49.8 Å². The minimum atomic E-state index is -0.932. The van der Waals surface area contributed by atoms with Gasteiger partial charge < -0.3 is 14.7 Å². The predicted octanol–water partition coefficient (Wildman–Crippen LogP) is 2.40. The van der Waals surface area contributed by atoms with Crippen LogP contribution in [0.2, 0.25) is 0 Å². The van der Waals surface area contributed by atoms with Crippen molar-refractivity contribution in [1.82, 2.24) is 0 Å². The molecule has 0 spiro atoms. The van der Waals surface area contributed by atoms with Crippen LogP contribution in [-0.4, -0.2) is 36.4 Å².